The van der Waals surface area contributed by atoms with Crippen molar-refractivity contribution in [3.63, 3.8) is 0 Å². The van der Waals surface area contributed by atoms with Gasteiger partial charge in [-0.2, -0.15) is 0 Å². The van der Waals surface area contributed by atoms with Crippen LogP contribution in [0.2, 0.25) is 0 Å². The maximum absolute atomic E-state index is 13.1. The summed E-state index contributed by atoms with van der Waals surface area (Å²) in [5, 5.41) is 9.51. The summed E-state index contributed by atoms with van der Waals surface area (Å²) in [5.41, 5.74) is 1.80. The van der Waals surface area contributed by atoms with Crippen LogP contribution in [-0.2, 0) is 6.54 Å². The van der Waals surface area contributed by atoms with E-state index in [-0.39, 0.29) is 5.82 Å². The van der Waals surface area contributed by atoms with Crippen LogP contribution < -0.4 is 4.90 Å². The molecular formula is C20H18FN4OS+. The highest BCUT2D eigenvalue weighted by molar-refractivity contribution is 7.18. The van der Waals surface area contributed by atoms with Crippen LogP contribution in [-0.4, -0.2) is 21.7 Å². The molecule has 136 valence electrons. The third-order valence-electron chi connectivity index (χ3n) is 5.03. The summed E-state index contributed by atoms with van der Waals surface area (Å²) in [6.07, 6.45) is 2.28. The highest BCUT2D eigenvalue weighted by atomic mass is 32.1. The number of rotatable bonds is 4. The first kappa shape index (κ1) is 16.5. The van der Waals surface area contributed by atoms with Crippen LogP contribution in [0.5, 0.6) is 0 Å². The highest BCUT2D eigenvalue weighted by Gasteiger charge is 2.34. The Labute approximate surface area is 159 Å². The molecule has 27 heavy (non-hydrogen) atoms. The SMILES string of the molecule is Fc1ccc(-c2nnc(C[NH+]3CCC[C@@H]3c3nc4ccccc4s3)o2)cc1. The molecule has 1 saturated heterocycles. The molecule has 3 heterocycles. The number of halogens is 1. The van der Waals surface area contributed by atoms with Gasteiger partial charge in [0.25, 0.3) is 5.89 Å². The first-order valence-electron chi connectivity index (χ1n) is 9.04. The minimum absolute atomic E-state index is 0.279. The van der Waals surface area contributed by atoms with Gasteiger partial charge in [-0.25, -0.2) is 9.37 Å². The van der Waals surface area contributed by atoms with Crippen molar-refractivity contribution in [2.75, 3.05) is 6.54 Å². The van der Waals surface area contributed by atoms with E-state index in [1.54, 1.807) is 23.5 Å². The number of hydrogen-bond donors (Lipinski definition) is 1. The molecule has 7 heteroatoms. The van der Waals surface area contributed by atoms with Crippen LogP contribution in [0.3, 0.4) is 0 Å². The molecule has 0 aliphatic carbocycles. The molecule has 1 unspecified atom stereocenters. The Morgan fingerprint density at radius 1 is 1.11 bits per heavy atom. The minimum Gasteiger partial charge on any atom is -0.415 e. The normalized spacial score (nSPS) is 19.7. The van der Waals surface area contributed by atoms with Crippen LogP contribution in [0.1, 0.15) is 29.8 Å². The molecule has 0 spiro atoms. The summed E-state index contributed by atoms with van der Waals surface area (Å²) >= 11 is 1.78. The van der Waals surface area contributed by atoms with Crippen LogP contribution in [0.15, 0.2) is 52.9 Å². The van der Waals surface area contributed by atoms with Crippen molar-refractivity contribution in [2.45, 2.75) is 25.4 Å². The third-order valence-corrected chi connectivity index (χ3v) is 6.18. The van der Waals surface area contributed by atoms with Crippen molar-refractivity contribution in [1.29, 1.82) is 0 Å². The maximum Gasteiger partial charge on any atom is 0.271 e. The lowest BCUT2D eigenvalue weighted by molar-refractivity contribution is -0.933. The molecule has 1 N–H and O–H groups in total. The summed E-state index contributed by atoms with van der Waals surface area (Å²) in [6, 6.07) is 14.7. The van der Waals surface area contributed by atoms with Gasteiger partial charge in [0.15, 0.2) is 11.6 Å². The number of thiazole rings is 1. The van der Waals surface area contributed by atoms with E-state index in [1.165, 1.54) is 26.7 Å². The molecule has 1 aliphatic heterocycles. The Morgan fingerprint density at radius 2 is 1.96 bits per heavy atom. The lowest BCUT2D eigenvalue weighted by Gasteiger charge is -2.17. The molecule has 5 nitrogen and oxygen atoms in total. The first-order chi connectivity index (χ1) is 13.3. The smallest absolute Gasteiger partial charge is 0.271 e. The molecule has 0 saturated carbocycles. The van der Waals surface area contributed by atoms with Gasteiger partial charge in [-0.15, -0.1) is 21.5 Å². The average Bonchev–Trinajstić information content (AvgIpc) is 3.41. The van der Waals surface area contributed by atoms with Gasteiger partial charge in [-0.05, 0) is 36.4 Å². The zero-order chi connectivity index (χ0) is 18.2. The van der Waals surface area contributed by atoms with Gasteiger partial charge in [0, 0.05) is 18.4 Å². The monoisotopic (exact) mass is 381 g/mol. The number of nitrogens with one attached hydrogen (secondary N) is 1. The quantitative estimate of drug-likeness (QED) is 0.589. The molecule has 4 aromatic rings. The molecule has 1 aliphatic rings. The van der Waals surface area contributed by atoms with Crippen LogP contribution in [0.25, 0.3) is 21.7 Å². The molecule has 5 rings (SSSR count). The standard InChI is InChI=1S/C20H17FN4OS/c21-14-9-7-13(8-10-14)19-24-23-18(26-19)12-25-11-3-5-16(25)20-22-15-4-1-2-6-17(15)27-20/h1-2,4,6-10,16H,3,5,11-12H2/p+1/t16-/m1/s1. The van der Waals surface area contributed by atoms with E-state index in [2.05, 4.69) is 28.4 Å². The molecule has 0 radical (unpaired) electrons. The first-order valence-corrected chi connectivity index (χ1v) is 9.86. The molecule has 2 atom stereocenters. The largest absolute Gasteiger partial charge is 0.415 e. The Morgan fingerprint density at radius 3 is 2.81 bits per heavy atom. The second-order valence-electron chi connectivity index (χ2n) is 6.81. The van der Waals surface area contributed by atoms with E-state index in [0.717, 1.165) is 30.5 Å². The number of hydrogen-bond acceptors (Lipinski definition) is 5. The minimum atomic E-state index is -0.279. The maximum atomic E-state index is 13.1. The van der Waals surface area contributed by atoms with Gasteiger partial charge < -0.3 is 9.32 Å². The highest BCUT2D eigenvalue weighted by Crippen LogP contribution is 2.29. The Bertz CT molecular complexity index is 1040. The zero-order valence-electron chi connectivity index (χ0n) is 14.6. The van der Waals surface area contributed by atoms with Crippen LogP contribution >= 0.6 is 11.3 Å². The van der Waals surface area contributed by atoms with E-state index >= 15 is 0 Å². The number of likely N-dealkylation sites (tertiary alicyclic amines) is 1. The van der Waals surface area contributed by atoms with Gasteiger partial charge in [-0.3, -0.25) is 0 Å². The Kier molecular flexibility index (Phi) is 4.18. The lowest BCUT2D eigenvalue weighted by Crippen LogP contribution is -3.09. The summed E-state index contributed by atoms with van der Waals surface area (Å²) in [4.78, 5) is 6.25. The number of quaternary nitrogens is 1. The predicted molar refractivity (Wildman–Crippen MR) is 101 cm³/mol. The molecule has 2 aromatic heterocycles. The lowest BCUT2D eigenvalue weighted by atomic mass is 10.2. The predicted octanol–water partition coefficient (Wildman–Crippen LogP) is 3.41. The fraction of sp³-hybridized carbons (Fsp3) is 0.250. The van der Waals surface area contributed by atoms with Gasteiger partial charge in [0.1, 0.15) is 11.9 Å². The summed E-state index contributed by atoms with van der Waals surface area (Å²) in [6.45, 7) is 1.74. The Hall–Kier alpha value is -2.64. The number of para-hydroxylation sites is 1. The van der Waals surface area contributed by atoms with Crippen LogP contribution in [0, 0.1) is 5.82 Å². The van der Waals surface area contributed by atoms with E-state index in [4.69, 9.17) is 9.40 Å². The number of aromatic nitrogens is 3. The molecule has 1 fully saturated rings. The van der Waals surface area contributed by atoms with Crippen molar-refractivity contribution in [3.8, 4) is 11.5 Å². The molecular weight excluding hydrogens is 363 g/mol. The summed E-state index contributed by atoms with van der Waals surface area (Å²) in [7, 11) is 0. The van der Waals surface area contributed by atoms with Crippen molar-refractivity contribution < 1.29 is 13.7 Å². The topological polar surface area (TPSA) is 56.2 Å². The van der Waals surface area contributed by atoms with E-state index < -0.39 is 0 Å². The van der Waals surface area contributed by atoms with Gasteiger partial charge in [0.2, 0.25) is 5.89 Å². The number of benzene rings is 2. The van der Waals surface area contributed by atoms with E-state index in [9.17, 15) is 4.39 Å². The zero-order valence-corrected chi connectivity index (χ0v) is 15.4. The van der Waals surface area contributed by atoms with E-state index in [0.29, 0.717) is 24.4 Å². The second-order valence-corrected chi connectivity index (χ2v) is 7.87. The van der Waals surface area contributed by atoms with Gasteiger partial charge in [0.05, 0.1) is 16.8 Å². The summed E-state index contributed by atoms with van der Waals surface area (Å²) < 4.78 is 20.1. The Balaban J connectivity index is 1.36. The third kappa shape index (κ3) is 3.24. The van der Waals surface area contributed by atoms with Crippen molar-refractivity contribution in [3.05, 3.63) is 65.2 Å². The van der Waals surface area contributed by atoms with Crippen molar-refractivity contribution >= 4 is 21.6 Å². The van der Waals surface area contributed by atoms with Gasteiger partial charge >= 0.3 is 0 Å². The number of nitrogens with zero attached hydrogens (tertiary/aromatic N) is 3. The second kappa shape index (κ2) is 6.83. The average molecular weight is 381 g/mol. The fourth-order valence-corrected chi connectivity index (χ4v) is 4.85. The molecule has 2 aromatic carbocycles. The van der Waals surface area contributed by atoms with Crippen LogP contribution in [0.4, 0.5) is 4.39 Å². The van der Waals surface area contributed by atoms with Crippen molar-refractivity contribution in [1.82, 2.24) is 15.2 Å². The van der Waals surface area contributed by atoms with Crippen molar-refractivity contribution in [2.24, 2.45) is 0 Å². The summed E-state index contributed by atoms with van der Waals surface area (Å²) in [5.74, 6) is 0.760. The number of fused-ring (bicyclic) bond motifs is 1. The fourth-order valence-electron chi connectivity index (χ4n) is 3.69. The van der Waals surface area contributed by atoms with Gasteiger partial charge in [-0.1, -0.05) is 12.1 Å². The van der Waals surface area contributed by atoms with E-state index in [1.807, 2.05) is 6.07 Å². The molecule has 0 bridgehead atoms. The molecule has 0 amide bonds.